The molecule has 7 heteroatoms. The van der Waals surface area contributed by atoms with Crippen LogP contribution in [-0.4, -0.2) is 56.3 Å². The highest BCUT2D eigenvalue weighted by atomic mass is 32.2. The number of carbonyl (C=O) groups is 1. The minimum Gasteiger partial charge on any atom is -0.342 e. The van der Waals surface area contributed by atoms with Crippen LogP contribution in [-0.2, 0) is 20.6 Å². The molecule has 0 bridgehead atoms. The highest BCUT2D eigenvalue weighted by Crippen LogP contribution is 2.23. The Morgan fingerprint density at radius 2 is 2.04 bits per heavy atom. The molecule has 2 N–H and O–H groups in total. The molecule has 134 valence electrons. The summed E-state index contributed by atoms with van der Waals surface area (Å²) in [6.07, 6.45) is 1.42. The molecule has 0 aliphatic carbocycles. The molecule has 1 aliphatic rings. The predicted octanol–water partition coefficient (Wildman–Crippen LogP) is 1.03. The fourth-order valence-electron chi connectivity index (χ4n) is 2.94. The van der Waals surface area contributed by atoms with Crippen LogP contribution >= 0.6 is 0 Å². The van der Waals surface area contributed by atoms with Crippen molar-refractivity contribution in [1.29, 1.82) is 0 Å². The molecule has 0 radical (unpaired) electrons. The number of rotatable bonds is 6. The third-order valence-corrected chi connectivity index (χ3v) is 6.49. The fraction of sp³-hybridized carbons (Fsp3) is 0.588. The van der Waals surface area contributed by atoms with E-state index < -0.39 is 10.0 Å². The Balaban J connectivity index is 2.05. The van der Waals surface area contributed by atoms with Crippen molar-refractivity contribution in [2.75, 3.05) is 26.7 Å². The van der Waals surface area contributed by atoms with Crippen LogP contribution in [0.15, 0.2) is 30.3 Å². The molecule has 1 saturated heterocycles. The average Bonchev–Trinajstić information content (AvgIpc) is 2.60. The SMILES string of the molecule is CC(CN)N(C)C(=O)C1CCCN(S(=O)(=O)Cc2ccccc2)C1. The second kappa shape index (κ2) is 8.09. The average molecular weight is 353 g/mol. The Kier molecular flexibility index (Phi) is 6.37. The van der Waals surface area contributed by atoms with E-state index in [0.717, 1.165) is 12.0 Å². The van der Waals surface area contributed by atoms with Crippen LogP contribution in [0.25, 0.3) is 0 Å². The van der Waals surface area contributed by atoms with Gasteiger partial charge in [0.05, 0.1) is 11.7 Å². The van der Waals surface area contributed by atoms with Crippen LogP contribution in [0.5, 0.6) is 0 Å². The van der Waals surface area contributed by atoms with Crippen LogP contribution in [0.4, 0.5) is 0 Å². The monoisotopic (exact) mass is 353 g/mol. The second-order valence-electron chi connectivity index (χ2n) is 6.47. The van der Waals surface area contributed by atoms with Crippen LogP contribution in [0.3, 0.4) is 0 Å². The lowest BCUT2D eigenvalue weighted by Crippen LogP contribution is -2.49. The molecule has 1 aliphatic heterocycles. The molecule has 1 heterocycles. The van der Waals surface area contributed by atoms with Crippen LogP contribution in [0.2, 0.25) is 0 Å². The number of benzene rings is 1. The van der Waals surface area contributed by atoms with Gasteiger partial charge in [-0.15, -0.1) is 0 Å². The van der Waals surface area contributed by atoms with Crippen LogP contribution in [0, 0.1) is 5.92 Å². The van der Waals surface area contributed by atoms with E-state index in [9.17, 15) is 13.2 Å². The third-order valence-electron chi connectivity index (χ3n) is 4.67. The van der Waals surface area contributed by atoms with Gasteiger partial charge in [-0.2, -0.15) is 0 Å². The van der Waals surface area contributed by atoms with Gasteiger partial charge in [-0.25, -0.2) is 12.7 Å². The van der Waals surface area contributed by atoms with Crippen molar-refractivity contribution in [3.8, 4) is 0 Å². The zero-order valence-corrected chi connectivity index (χ0v) is 15.2. The van der Waals surface area contributed by atoms with E-state index in [1.165, 1.54) is 4.31 Å². The van der Waals surface area contributed by atoms with Crippen LogP contribution in [0.1, 0.15) is 25.3 Å². The molecule has 0 spiro atoms. The maximum Gasteiger partial charge on any atom is 0.227 e. The molecule has 2 rings (SSSR count). The van der Waals surface area contributed by atoms with E-state index in [2.05, 4.69) is 0 Å². The van der Waals surface area contributed by atoms with Crippen molar-refractivity contribution in [3.63, 3.8) is 0 Å². The highest BCUT2D eigenvalue weighted by Gasteiger charge is 2.34. The summed E-state index contributed by atoms with van der Waals surface area (Å²) in [6, 6.07) is 9.09. The van der Waals surface area contributed by atoms with Crippen molar-refractivity contribution in [3.05, 3.63) is 35.9 Å². The van der Waals surface area contributed by atoms with E-state index in [0.29, 0.717) is 19.5 Å². The molecule has 1 fully saturated rings. The van der Waals surface area contributed by atoms with E-state index in [-0.39, 0.29) is 30.2 Å². The third kappa shape index (κ3) is 4.55. The number of amides is 1. The van der Waals surface area contributed by atoms with Crippen molar-refractivity contribution in [2.24, 2.45) is 11.7 Å². The first-order valence-electron chi connectivity index (χ1n) is 8.33. The van der Waals surface area contributed by atoms with Crippen molar-refractivity contribution < 1.29 is 13.2 Å². The molecule has 24 heavy (non-hydrogen) atoms. The number of nitrogens with two attached hydrogens (primary N) is 1. The summed E-state index contributed by atoms with van der Waals surface area (Å²) < 4.78 is 26.8. The van der Waals surface area contributed by atoms with Gasteiger partial charge in [0.2, 0.25) is 15.9 Å². The van der Waals surface area contributed by atoms with Gasteiger partial charge in [-0.05, 0) is 25.3 Å². The highest BCUT2D eigenvalue weighted by molar-refractivity contribution is 7.88. The molecule has 1 amide bonds. The summed E-state index contributed by atoms with van der Waals surface area (Å²) >= 11 is 0. The van der Waals surface area contributed by atoms with Gasteiger partial charge in [-0.1, -0.05) is 30.3 Å². The number of hydrogen-bond donors (Lipinski definition) is 1. The van der Waals surface area contributed by atoms with Gasteiger partial charge in [-0.3, -0.25) is 4.79 Å². The molecule has 1 aromatic carbocycles. The van der Waals surface area contributed by atoms with E-state index in [1.807, 2.05) is 25.1 Å². The van der Waals surface area contributed by atoms with Gasteiger partial charge >= 0.3 is 0 Å². The Hall–Kier alpha value is -1.44. The van der Waals surface area contributed by atoms with E-state index in [1.54, 1.807) is 24.1 Å². The lowest BCUT2D eigenvalue weighted by molar-refractivity contribution is -0.137. The first-order valence-corrected chi connectivity index (χ1v) is 9.94. The Morgan fingerprint density at radius 3 is 2.67 bits per heavy atom. The second-order valence-corrected chi connectivity index (χ2v) is 8.44. The predicted molar refractivity (Wildman–Crippen MR) is 94.6 cm³/mol. The maximum absolute atomic E-state index is 12.7. The largest absolute Gasteiger partial charge is 0.342 e. The summed E-state index contributed by atoms with van der Waals surface area (Å²) in [6.45, 7) is 3.03. The van der Waals surface area contributed by atoms with Crippen molar-refractivity contribution >= 4 is 15.9 Å². The smallest absolute Gasteiger partial charge is 0.227 e. The number of likely N-dealkylation sites (N-methyl/N-ethyl adjacent to an activating group) is 1. The van der Waals surface area contributed by atoms with Gasteiger partial charge in [0.25, 0.3) is 0 Å². The number of hydrogen-bond acceptors (Lipinski definition) is 4. The fourth-order valence-corrected chi connectivity index (χ4v) is 4.55. The number of carbonyl (C=O) groups excluding carboxylic acids is 1. The van der Waals surface area contributed by atoms with Crippen molar-refractivity contribution in [1.82, 2.24) is 9.21 Å². The Labute approximate surface area is 144 Å². The zero-order chi connectivity index (χ0) is 17.7. The van der Waals surface area contributed by atoms with Gasteiger partial charge < -0.3 is 10.6 Å². The summed E-state index contributed by atoms with van der Waals surface area (Å²) in [4.78, 5) is 14.2. The Morgan fingerprint density at radius 1 is 1.38 bits per heavy atom. The standard InChI is InChI=1S/C17H27N3O3S/c1-14(11-18)19(2)17(21)16-9-6-10-20(12-16)24(22,23)13-15-7-4-3-5-8-15/h3-5,7-8,14,16H,6,9-13,18H2,1-2H3. The minimum atomic E-state index is -3.42. The number of sulfonamides is 1. The molecule has 0 saturated carbocycles. The summed E-state index contributed by atoms with van der Waals surface area (Å²) in [5.41, 5.74) is 6.39. The minimum absolute atomic E-state index is 0.0208. The lowest BCUT2D eigenvalue weighted by Gasteiger charge is -2.34. The van der Waals surface area contributed by atoms with Crippen molar-refractivity contribution in [2.45, 2.75) is 31.6 Å². The van der Waals surface area contributed by atoms with Gasteiger partial charge in [0, 0.05) is 32.7 Å². The molecule has 1 aromatic rings. The molecular formula is C17H27N3O3S. The summed E-state index contributed by atoms with van der Waals surface area (Å²) in [7, 11) is -1.68. The van der Waals surface area contributed by atoms with E-state index >= 15 is 0 Å². The molecular weight excluding hydrogens is 326 g/mol. The van der Waals surface area contributed by atoms with E-state index in [4.69, 9.17) is 5.73 Å². The zero-order valence-electron chi connectivity index (χ0n) is 14.4. The quantitative estimate of drug-likeness (QED) is 0.828. The summed E-state index contributed by atoms with van der Waals surface area (Å²) in [5.74, 6) is -0.333. The normalized spacial score (nSPS) is 20.5. The number of piperidine rings is 1. The first kappa shape index (κ1) is 18.9. The van der Waals surface area contributed by atoms with Gasteiger partial charge in [0.1, 0.15) is 0 Å². The topological polar surface area (TPSA) is 83.7 Å². The lowest BCUT2D eigenvalue weighted by atomic mass is 9.97. The Bertz CT molecular complexity index is 648. The molecule has 2 unspecified atom stereocenters. The molecule has 6 nitrogen and oxygen atoms in total. The maximum atomic E-state index is 12.7. The molecule has 0 aromatic heterocycles. The van der Waals surface area contributed by atoms with Crippen LogP contribution < -0.4 is 5.73 Å². The first-order chi connectivity index (χ1) is 11.3. The van der Waals surface area contributed by atoms with Gasteiger partial charge in [0.15, 0.2) is 0 Å². The molecule has 2 atom stereocenters. The summed E-state index contributed by atoms with van der Waals surface area (Å²) in [5, 5.41) is 0. The number of nitrogens with zero attached hydrogens (tertiary/aromatic N) is 2.